The van der Waals surface area contributed by atoms with Crippen LogP contribution in [0.2, 0.25) is 0 Å². The van der Waals surface area contributed by atoms with Crippen molar-refractivity contribution in [2.24, 2.45) is 15.5 Å². The van der Waals surface area contributed by atoms with Gasteiger partial charge in [0, 0.05) is 28.8 Å². The first-order valence-corrected chi connectivity index (χ1v) is 7.47. The van der Waals surface area contributed by atoms with Gasteiger partial charge in [-0.05, 0) is 37.1 Å². The number of nitrogens with two attached hydrogens (primary N) is 1. The maximum absolute atomic E-state index is 5.78. The van der Waals surface area contributed by atoms with E-state index in [2.05, 4.69) is 28.7 Å². The second-order valence-corrected chi connectivity index (χ2v) is 6.25. The summed E-state index contributed by atoms with van der Waals surface area (Å²) in [6.07, 6.45) is 1.96. The van der Waals surface area contributed by atoms with Gasteiger partial charge in [-0.3, -0.25) is 9.71 Å². The van der Waals surface area contributed by atoms with E-state index >= 15 is 0 Å². The van der Waals surface area contributed by atoms with Crippen LogP contribution in [0.4, 0.5) is 5.69 Å². The standard InChI is InChI=1S/C14H21N5S/c1-4-16-13(19-10-14(2,3)9-17-19)18-20-12-7-5-6-11(15)8-12/h5-9H,4,10,15H2,1-3H3,(H,16,18). The molecule has 0 spiro atoms. The molecule has 0 aromatic heterocycles. The SMILES string of the molecule is CCN=C(NSc1cccc(N)c1)N1CC(C)(C)C=N1. The highest BCUT2D eigenvalue weighted by Crippen LogP contribution is 2.22. The van der Waals surface area contributed by atoms with Crippen LogP contribution < -0.4 is 10.5 Å². The predicted octanol–water partition coefficient (Wildman–Crippen LogP) is 2.57. The highest BCUT2D eigenvalue weighted by atomic mass is 32.2. The van der Waals surface area contributed by atoms with Crippen LogP contribution in [-0.4, -0.2) is 30.3 Å². The summed E-state index contributed by atoms with van der Waals surface area (Å²) in [5.74, 6) is 0.779. The minimum atomic E-state index is 0.0814. The number of rotatable bonds is 3. The third-order valence-corrected chi connectivity index (χ3v) is 3.55. The Morgan fingerprint density at radius 2 is 2.35 bits per heavy atom. The number of nitrogens with one attached hydrogen (secondary N) is 1. The monoisotopic (exact) mass is 291 g/mol. The highest BCUT2D eigenvalue weighted by molar-refractivity contribution is 7.98. The van der Waals surface area contributed by atoms with Gasteiger partial charge in [-0.15, -0.1) is 0 Å². The van der Waals surface area contributed by atoms with Crippen LogP contribution in [0.25, 0.3) is 0 Å². The molecule has 0 atom stereocenters. The molecule has 1 aliphatic heterocycles. The minimum absolute atomic E-state index is 0.0814. The Labute approximate surface area is 124 Å². The van der Waals surface area contributed by atoms with Crippen LogP contribution >= 0.6 is 11.9 Å². The number of benzene rings is 1. The minimum Gasteiger partial charge on any atom is -0.399 e. The molecular formula is C14H21N5S. The van der Waals surface area contributed by atoms with E-state index in [0.717, 1.165) is 23.1 Å². The summed E-state index contributed by atoms with van der Waals surface area (Å²) >= 11 is 1.49. The first-order chi connectivity index (χ1) is 9.50. The van der Waals surface area contributed by atoms with Crippen molar-refractivity contribution in [3.63, 3.8) is 0 Å². The molecule has 20 heavy (non-hydrogen) atoms. The van der Waals surface area contributed by atoms with Crippen molar-refractivity contribution in [1.82, 2.24) is 9.73 Å². The molecule has 0 fully saturated rings. The Kier molecular flexibility index (Phi) is 4.54. The number of guanidine groups is 1. The van der Waals surface area contributed by atoms with Gasteiger partial charge in [-0.25, -0.2) is 5.01 Å². The van der Waals surface area contributed by atoms with Crippen molar-refractivity contribution < 1.29 is 0 Å². The lowest BCUT2D eigenvalue weighted by molar-refractivity contribution is 0.380. The molecule has 0 radical (unpaired) electrons. The molecule has 0 saturated carbocycles. The topological polar surface area (TPSA) is 66.0 Å². The molecule has 108 valence electrons. The highest BCUT2D eigenvalue weighted by Gasteiger charge is 2.27. The van der Waals surface area contributed by atoms with Crippen LogP contribution in [0, 0.1) is 5.41 Å². The van der Waals surface area contributed by atoms with E-state index in [-0.39, 0.29) is 5.41 Å². The van der Waals surface area contributed by atoms with E-state index in [9.17, 15) is 0 Å². The lowest BCUT2D eigenvalue weighted by atomic mass is 9.97. The summed E-state index contributed by atoms with van der Waals surface area (Å²) in [6.45, 7) is 7.87. The Bertz CT molecular complexity index is 524. The molecule has 3 N–H and O–H groups in total. The van der Waals surface area contributed by atoms with E-state index < -0.39 is 0 Å². The van der Waals surface area contributed by atoms with Crippen molar-refractivity contribution in [2.45, 2.75) is 25.7 Å². The lowest BCUT2D eigenvalue weighted by Gasteiger charge is -2.21. The van der Waals surface area contributed by atoms with Gasteiger partial charge in [0.05, 0.1) is 6.54 Å². The van der Waals surface area contributed by atoms with Gasteiger partial charge >= 0.3 is 0 Å². The summed E-state index contributed by atoms with van der Waals surface area (Å²) in [4.78, 5) is 5.53. The normalized spacial score (nSPS) is 17.6. The first kappa shape index (κ1) is 14.7. The summed E-state index contributed by atoms with van der Waals surface area (Å²) in [5, 5.41) is 6.32. The van der Waals surface area contributed by atoms with Crippen molar-refractivity contribution >= 4 is 29.8 Å². The number of hydrazone groups is 1. The fourth-order valence-electron chi connectivity index (χ4n) is 1.82. The largest absolute Gasteiger partial charge is 0.399 e. The zero-order chi connectivity index (χ0) is 14.6. The zero-order valence-electron chi connectivity index (χ0n) is 12.1. The quantitative estimate of drug-likeness (QED) is 0.389. The van der Waals surface area contributed by atoms with Gasteiger partial charge in [0.15, 0.2) is 0 Å². The molecule has 0 aliphatic carbocycles. The number of nitrogens with zero attached hydrogens (tertiary/aromatic N) is 3. The summed E-state index contributed by atoms with van der Waals surface area (Å²) in [6, 6.07) is 7.75. The Balaban J connectivity index is 2.01. The van der Waals surface area contributed by atoms with Crippen LogP contribution in [-0.2, 0) is 0 Å². The molecule has 1 aromatic carbocycles. The predicted molar refractivity (Wildman–Crippen MR) is 86.8 cm³/mol. The van der Waals surface area contributed by atoms with Crippen molar-refractivity contribution in [1.29, 1.82) is 0 Å². The molecule has 0 bridgehead atoms. The van der Waals surface area contributed by atoms with Crippen LogP contribution in [0.1, 0.15) is 20.8 Å². The lowest BCUT2D eigenvalue weighted by Crippen LogP contribution is -2.36. The molecule has 0 amide bonds. The smallest absolute Gasteiger partial charge is 0.225 e. The molecule has 1 aromatic rings. The average molecular weight is 291 g/mol. The van der Waals surface area contributed by atoms with Gasteiger partial charge in [0.1, 0.15) is 0 Å². The molecule has 5 nitrogen and oxygen atoms in total. The maximum Gasteiger partial charge on any atom is 0.225 e. The van der Waals surface area contributed by atoms with E-state index in [1.54, 1.807) is 0 Å². The Morgan fingerprint density at radius 3 is 2.95 bits per heavy atom. The fourth-order valence-corrected chi connectivity index (χ4v) is 2.54. The molecule has 1 heterocycles. The summed E-state index contributed by atoms with van der Waals surface area (Å²) in [7, 11) is 0. The molecule has 1 aliphatic rings. The number of aliphatic imine (C=N–C) groups is 1. The second-order valence-electron chi connectivity index (χ2n) is 5.37. The molecular weight excluding hydrogens is 270 g/mol. The maximum atomic E-state index is 5.78. The van der Waals surface area contributed by atoms with Gasteiger partial charge < -0.3 is 5.73 Å². The fraction of sp³-hybridized carbons (Fsp3) is 0.429. The number of anilines is 1. The first-order valence-electron chi connectivity index (χ1n) is 6.66. The Morgan fingerprint density at radius 1 is 1.55 bits per heavy atom. The van der Waals surface area contributed by atoms with Gasteiger partial charge in [-0.2, -0.15) is 5.10 Å². The van der Waals surface area contributed by atoms with Crippen molar-refractivity contribution in [3.05, 3.63) is 24.3 Å². The van der Waals surface area contributed by atoms with Crippen molar-refractivity contribution in [3.8, 4) is 0 Å². The molecule has 0 unspecified atom stereocenters. The van der Waals surface area contributed by atoms with Gasteiger partial charge in [-0.1, -0.05) is 19.9 Å². The van der Waals surface area contributed by atoms with Gasteiger partial charge in [0.25, 0.3) is 0 Å². The van der Waals surface area contributed by atoms with Crippen LogP contribution in [0.3, 0.4) is 0 Å². The van der Waals surface area contributed by atoms with Crippen LogP contribution in [0.15, 0.2) is 39.3 Å². The second kappa shape index (κ2) is 6.17. The number of hydrogen-bond donors (Lipinski definition) is 2. The van der Waals surface area contributed by atoms with Gasteiger partial charge in [0.2, 0.25) is 5.96 Å². The Hall–Kier alpha value is -1.69. The van der Waals surface area contributed by atoms with E-state index in [1.807, 2.05) is 42.4 Å². The average Bonchev–Trinajstić information content (AvgIpc) is 2.75. The van der Waals surface area contributed by atoms with E-state index in [4.69, 9.17) is 5.73 Å². The van der Waals surface area contributed by atoms with Crippen LogP contribution in [0.5, 0.6) is 0 Å². The number of hydrogen-bond acceptors (Lipinski definition) is 4. The van der Waals surface area contributed by atoms with E-state index in [1.165, 1.54) is 11.9 Å². The number of nitrogen functional groups attached to an aromatic ring is 1. The summed E-state index contributed by atoms with van der Waals surface area (Å²) < 4.78 is 3.27. The molecule has 0 saturated heterocycles. The third-order valence-electron chi connectivity index (χ3n) is 2.77. The van der Waals surface area contributed by atoms with E-state index in [0.29, 0.717) is 6.54 Å². The zero-order valence-corrected chi connectivity index (χ0v) is 12.9. The summed E-state index contributed by atoms with van der Waals surface area (Å²) in [5.41, 5.74) is 6.61. The molecule has 6 heteroatoms. The molecule has 2 rings (SSSR count). The van der Waals surface area contributed by atoms with Crippen molar-refractivity contribution in [2.75, 3.05) is 18.8 Å². The third kappa shape index (κ3) is 3.90.